The number of Topliss-reactive ketones (excluding diaryl/α,β-unsaturated/α-hetero) is 1. The first kappa shape index (κ1) is 22.7. The fourth-order valence-corrected chi connectivity index (χ4v) is 4.49. The number of nitrogens with zero attached hydrogens (tertiary/aromatic N) is 1. The van der Waals surface area contributed by atoms with Gasteiger partial charge in [0.1, 0.15) is 11.5 Å². The van der Waals surface area contributed by atoms with Gasteiger partial charge in [-0.2, -0.15) is 4.31 Å². The van der Waals surface area contributed by atoms with E-state index in [2.05, 4.69) is 0 Å². The first-order valence-electron chi connectivity index (χ1n) is 9.47. The Balaban J connectivity index is 1.70. The van der Waals surface area contributed by atoms with Crippen molar-refractivity contribution in [3.05, 3.63) is 53.6 Å². The number of ketones is 1. The minimum Gasteiger partial charge on any atom is -0.497 e. The van der Waals surface area contributed by atoms with Gasteiger partial charge in [0.2, 0.25) is 15.8 Å². The maximum absolute atomic E-state index is 12.8. The molecule has 10 heteroatoms. The second-order valence-corrected chi connectivity index (χ2v) is 8.55. The molecule has 166 valence electrons. The average Bonchev–Trinajstić information content (AvgIpc) is 2.82. The van der Waals surface area contributed by atoms with E-state index in [-0.39, 0.29) is 29.1 Å². The maximum Gasteiger partial charge on any atom is 0.338 e. The van der Waals surface area contributed by atoms with Crippen molar-refractivity contribution in [3.8, 4) is 11.5 Å². The molecule has 0 amide bonds. The molecule has 0 aromatic heterocycles. The Hall–Kier alpha value is -2.95. The Morgan fingerprint density at radius 2 is 1.77 bits per heavy atom. The van der Waals surface area contributed by atoms with Crippen LogP contribution in [0.4, 0.5) is 0 Å². The standard InChI is InChI=1S/C21H23NO8S/c1-27-16-6-7-18(20(13-16)28-2)19(23)14-30-21(24)15-4-3-5-17(12-15)31(25,26)22-8-10-29-11-9-22/h3-7,12-13H,8-11,14H2,1-2H3. The van der Waals surface area contributed by atoms with Crippen LogP contribution < -0.4 is 9.47 Å². The van der Waals surface area contributed by atoms with E-state index in [4.69, 9.17) is 18.9 Å². The van der Waals surface area contributed by atoms with Crippen LogP contribution in [0.1, 0.15) is 20.7 Å². The highest BCUT2D eigenvalue weighted by atomic mass is 32.2. The SMILES string of the molecule is COc1ccc(C(=O)COC(=O)c2cccc(S(=O)(=O)N3CCOCC3)c2)c(OC)c1. The zero-order valence-corrected chi connectivity index (χ0v) is 18.0. The molecule has 9 nitrogen and oxygen atoms in total. The zero-order chi connectivity index (χ0) is 22.4. The van der Waals surface area contributed by atoms with Crippen LogP contribution in [0.25, 0.3) is 0 Å². The molecular formula is C21H23NO8S. The Morgan fingerprint density at radius 3 is 2.45 bits per heavy atom. The molecule has 0 saturated carbocycles. The number of sulfonamides is 1. The van der Waals surface area contributed by atoms with Gasteiger partial charge in [0.15, 0.2) is 6.61 Å². The first-order valence-corrected chi connectivity index (χ1v) is 10.9. The molecule has 0 bridgehead atoms. The van der Waals surface area contributed by atoms with Gasteiger partial charge in [-0.15, -0.1) is 0 Å². The van der Waals surface area contributed by atoms with Crippen LogP contribution in [-0.2, 0) is 19.5 Å². The molecule has 2 aromatic rings. The molecule has 0 radical (unpaired) electrons. The lowest BCUT2D eigenvalue weighted by Gasteiger charge is -2.26. The highest BCUT2D eigenvalue weighted by molar-refractivity contribution is 7.89. The Bertz CT molecular complexity index is 1060. The van der Waals surface area contributed by atoms with Crippen LogP contribution >= 0.6 is 0 Å². The number of morpholine rings is 1. The summed E-state index contributed by atoms with van der Waals surface area (Å²) in [5, 5.41) is 0. The van der Waals surface area contributed by atoms with Gasteiger partial charge in [0.05, 0.1) is 43.5 Å². The lowest BCUT2D eigenvalue weighted by Crippen LogP contribution is -2.40. The van der Waals surface area contributed by atoms with Crippen molar-refractivity contribution >= 4 is 21.8 Å². The van der Waals surface area contributed by atoms with Crippen LogP contribution in [-0.4, -0.2) is 71.6 Å². The number of hydrogen-bond donors (Lipinski definition) is 0. The Morgan fingerprint density at radius 1 is 1.03 bits per heavy atom. The van der Waals surface area contributed by atoms with Crippen molar-refractivity contribution in [2.24, 2.45) is 0 Å². The predicted molar refractivity (Wildman–Crippen MR) is 110 cm³/mol. The fraction of sp³-hybridized carbons (Fsp3) is 0.333. The molecule has 1 fully saturated rings. The number of carbonyl (C=O) groups excluding carboxylic acids is 2. The third-order valence-corrected chi connectivity index (χ3v) is 6.62. The summed E-state index contributed by atoms with van der Waals surface area (Å²) in [6, 6.07) is 10.2. The van der Waals surface area contributed by atoms with Crippen molar-refractivity contribution in [3.63, 3.8) is 0 Å². The zero-order valence-electron chi connectivity index (χ0n) is 17.2. The average molecular weight is 449 g/mol. The van der Waals surface area contributed by atoms with Crippen molar-refractivity contribution in [1.29, 1.82) is 0 Å². The highest BCUT2D eigenvalue weighted by Gasteiger charge is 2.27. The number of ether oxygens (including phenoxy) is 4. The van der Waals surface area contributed by atoms with Crippen molar-refractivity contribution in [2.75, 3.05) is 47.1 Å². The first-order chi connectivity index (χ1) is 14.9. The van der Waals surface area contributed by atoms with E-state index in [1.54, 1.807) is 12.1 Å². The van der Waals surface area contributed by atoms with Crippen molar-refractivity contribution < 1.29 is 37.0 Å². The quantitative estimate of drug-likeness (QED) is 0.443. The molecule has 0 aliphatic carbocycles. The van der Waals surface area contributed by atoms with Crippen LogP contribution in [0, 0.1) is 0 Å². The van der Waals surface area contributed by atoms with Crippen LogP contribution in [0.15, 0.2) is 47.4 Å². The van der Waals surface area contributed by atoms with E-state index in [0.29, 0.717) is 24.7 Å². The molecule has 2 aromatic carbocycles. The summed E-state index contributed by atoms with van der Waals surface area (Å²) in [6.07, 6.45) is 0. The summed E-state index contributed by atoms with van der Waals surface area (Å²) in [7, 11) is -0.852. The normalized spacial score (nSPS) is 14.6. The summed E-state index contributed by atoms with van der Waals surface area (Å²) in [4.78, 5) is 24.9. The van der Waals surface area contributed by atoms with Gasteiger partial charge in [-0.1, -0.05) is 6.07 Å². The van der Waals surface area contributed by atoms with Gasteiger partial charge < -0.3 is 18.9 Å². The molecule has 1 aliphatic rings. The van der Waals surface area contributed by atoms with Gasteiger partial charge in [-0.05, 0) is 30.3 Å². The third-order valence-electron chi connectivity index (χ3n) is 4.72. The summed E-state index contributed by atoms with van der Waals surface area (Å²) in [5.41, 5.74) is 0.267. The maximum atomic E-state index is 12.8. The van der Waals surface area contributed by atoms with E-state index in [0.717, 1.165) is 0 Å². The molecule has 0 spiro atoms. The van der Waals surface area contributed by atoms with Gasteiger partial charge in [-0.25, -0.2) is 13.2 Å². The molecular weight excluding hydrogens is 426 g/mol. The highest BCUT2D eigenvalue weighted by Crippen LogP contribution is 2.25. The lowest BCUT2D eigenvalue weighted by atomic mass is 10.1. The van der Waals surface area contributed by atoms with Crippen molar-refractivity contribution in [1.82, 2.24) is 4.31 Å². The summed E-state index contributed by atoms with van der Waals surface area (Å²) >= 11 is 0. The smallest absolute Gasteiger partial charge is 0.338 e. The van der Waals surface area contributed by atoms with Crippen LogP contribution in [0.2, 0.25) is 0 Å². The predicted octanol–water partition coefficient (Wildman–Crippen LogP) is 1.76. The second-order valence-electron chi connectivity index (χ2n) is 6.61. The number of methoxy groups -OCH3 is 2. The number of rotatable bonds is 8. The van der Waals surface area contributed by atoms with Gasteiger partial charge in [0, 0.05) is 19.2 Å². The largest absolute Gasteiger partial charge is 0.497 e. The van der Waals surface area contributed by atoms with E-state index in [1.807, 2.05) is 0 Å². The number of hydrogen-bond acceptors (Lipinski definition) is 8. The summed E-state index contributed by atoms with van der Waals surface area (Å²) in [5.74, 6) is -0.465. The molecule has 1 heterocycles. The summed E-state index contributed by atoms with van der Waals surface area (Å²) in [6.45, 7) is 0.599. The van der Waals surface area contributed by atoms with E-state index < -0.39 is 28.4 Å². The fourth-order valence-electron chi connectivity index (χ4n) is 3.04. The molecule has 3 rings (SSSR count). The van der Waals surface area contributed by atoms with Crippen molar-refractivity contribution in [2.45, 2.75) is 4.90 Å². The minimum atomic E-state index is -3.76. The minimum absolute atomic E-state index is 0.0213. The molecule has 0 atom stereocenters. The van der Waals surface area contributed by atoms with Gasteiger partial charge in [-0.3, -0.25) is 4.79 Å². The number of carbonyl (C=O) groups is 2. The molecule has 1 saturated heterocycles. The summed E-state index contributed by atoms with van der Waals surface area (Å²) < 4.78 is 47.4. The topological polar surface area (TPSA) is 108 Å². The van der Waals surface area contributed by atoms with Crippen LogP contribution in [0.5, 0.6) is 11.5 Å². The van der Waals surface area contributed by atoms with Crippen LogP contribution in [0.3, 0.4) is 0 Å². The monoisotopic (exact) mass is 449 g/mol. The Labute approximate surface area is 180 Å². The third kappa shape index (κ3) is 5.22. The molecule has 0 unspecified atom stereocenters. The number of esters is 1. The second kappa shape index (κ2) is 9.90. The van der Waals surface area contributed by atoms with E-state index in [1.165, 1.54) is 48.9 Å². The van der Waals surface area contributed by atoms with E-state index >= 15 is 0 Å². The van der Waals surface area contributed by atoms with Gasteiger partial charge >= 0.3 is 5.97 Å². The Kier molecular flexibility index (Phi) is 7.26. The lowest BCUT2D eigenvalue weighted by molar-refractivity contribution is 0.0473. The van der Waals surface area contributed by atoms with E-state index in [9.17, 15) is 18.0 Å². The molecule has 1 aliphatic heterocycles. The molecule has 0 N–H and O–H groups in total. The molecule has 31 heavy (non-hydrogen) atoms. The number of benzene rings is 2. The van der Waals surface area contributed by atoms with Gasteiger partial charge in [0.25, 0.3) is 0 Å².